The van der Waals surface area contributed by atoms with Crippen molar-refractivity contribution < 1.29 is 32.7 Å². The number of aliphatic carboxylic acids is 1. The van der Waals surface area contributed by atoms with Gasteiger partial charge in [0.25, 0.3) is 17.7 Å². The molecule has 4 aromatic rings. The van der Waals surface area contributed by atoms with E-state index in [0.717, 1.165) is 16.4 Å². The van der Waals surface area contributed by atoms with E-state index >= 15 is 0 Å². The SMILES string of the molecule is CS(=O)(=O)n1cc(C(=O)NC[C@H](NC(=O)c2c(Cl)cc3c(c2Cl)CCN(C(=O)c2ccc(Cl)cc2)C3)C(=O)O)c2ccccc21. The topological polar surface area (TPSA) is 155 Å². The van der Waals surface area contributed by atoms with Gasteiger partial charge in [-0.15, -0.1) is 0 Å². The fourth-order valence-electron chi connectivity index (χ4n) is 5.13. The van der Waals surface area contributed by atoms with Gasteiger partial charge in [-0.2, -0.15) is 0 Å². The fraction of sp³-hybridized carbons (Fsp3) is 0.200. The van der Waals surface area contributed by atoms with Crippen LogP contribution in [-0.4, -0.2) is 71.5 Å². The molecule has 0 spiro atoms. The maximum atomic E-state index is 13.3. The Balaban J connectivity index is 1.31. The van der Waals surface area contributed by atoms with Gasteiger partial charge in [-0.25, -0.2) is 17.2 Å². The van der Waals surface area contributed by atoms with Gasteiger partial charge in [0.15, 0.2) is 0 Å². The molecule has 1 aliphatic rings. The zero-order valence-electron chi connectivity index (χ0n) is 23.5. The molecule has 5 rings (SSSR count). The summed E-state index contributed by atoms with van der Waals surface area (Å²) in [5, 5.41) is 15.4. The Morgan fingerprint density at radius 1 is 1.00 bits per heavy atom. The molecule has 0 fully saturated rings. The van der Waals surface area contributed by atoms with Crippen LogP contribution in [0.2, 0.25) is 15.1 Å². The highest BCUT2D eigenvalue weighted by molar-refractivity contribution is 7.89. The molecule has 234 valence electrons. The number of carbonyl (C=O) groups excluding carboxylic acids is 3. The van der Waals surface area contributed by atoms with Gasteiger partial charge in [0.2, 0.25) is 10.0 Å². The van der Waals surface area contributed by atoms with E-state index < -0.39 is 40.4 Å². The molecule has 3 aromatic carbocycles. The maximum Gasteiger partial charge on any atom is 0.328 e. The van der Waals surface area contributed by atoms with E-state index in [9.17, 15) is 32.7 Å². The molecule has 0 radical (unpaired) electrons. The predicted octanol–water partition coefficient (Wildman–Crippen LogP) is 4.22. The molecule has 2 heterocycles. The maximum absolute atomic E-state index is 13.3. The summed E-state index contributed by atoms with van der Waals surface area (Å²) >= 11 is 19.0. The van der Waals surface area contributed by atoms with Crippen LogP contribution in [0.15, 0.2) is 60.8 Å². The van der Waals surface area contributed by atoms with Gasteiger partial charge in [-0.1, -0.05) is 53.0 Å². The lowest BCUT2D eigenvalue weighted by Gasteiger charge is -2.30. The number of amides is 3. The molecular weight excluding hydrogens is 667 g/mol. The van der Waals surface area contributed by atoms with E-state index in [4.69, 9.17) is 34.8 Å². The molecule has 0 saturated carbocycles. The van der Waals surface area contributed by atoms with E-state index in [1.54, 1.807) is 47.4 Å². The van der Waals surface area contributed by atoms with Crippen LogP contribution in [0, 0.1) is 0 Å². The first-order valence-corrected chi connectivity index (χ1v) is 16.4. The van der Waals surface area contributed by atoms with E-state index in [2.05, 4.69) is 10.6 Å². The average molecular weight is 692 g/mol. The molecule has 1 aromatic heterocycles. The standard InChI is InChI=1S/C30H25Cl3N4O7S/c1-45(43,44)37-15-21(20-4-2-3-5-24(20)37)27(38)34-13-23(30(41)42)35-28(39)25-22(32)12-17-14-36(11-10-19(17)26(25)33)29(40)16-6-8-18(31)9-7-16/h2-9,12,15,23H,10-11,13-14H2,1H3,(H,34,38)(H,35,39)(H,41,42)/t23-/m0/s1. The van der Waals surface area contributed by atoms with Gasteiger partial charge >= 0.3 is 5.97 Å². The zero-order valence-corrected chi connectivity index (χ0v) is 26.6. The van der Waals surface area contributed by atoms with Crippen molar-refractivity contribution in [2.75, 3.05) is 19.3 Å². The number of hydrogen-bond acceptors (Lipinski definition) is 6. The highest BCUT2D eigenvalue weighted by atomic mass is 35.5. The van der Waals surface area contributed by atoms with E-state index in [-0.39, 0.29) is 39.1 Å². The minimum absolute atomic E-state index is 0.0101. The minimum Gasteiger partial charge on any atom is -0.480 e. The lowest BCUT2D eigenvalue weighted by molar-refractivity contribution is -0.139. The number of rotatable bonds is 8. The second-order valence-electron chi connectivity index (χ2n) is 10.4. The average Bonchev–Trinajstić information content (AvgIpc) is 3.39. The first-order valence-electron chi connectivity index (χ1n) is 13.4. The number of benzene rings is 3. The fourth-order valence-corrected chi connectivity index (χ4v) is 6.84. The van der Waals surface area contributed by atoms with Crippen molar-refractivity contribution in [1.82, 2.24) is 19.5 Å². The first-order chi connectivity index (χ1) is 21.3. The summed E-state index contributed by atoms with van der Waals surface area (Å²) in [6.45, 7) is -0.0196. The van der Waals surface area contributed by atoms with Crippen LogP contribution in [0.1, 0.15) is 42.2 Å². The molecule has 11 nitrogen and oxygen atoms in total. The second kappa shape index (κ2) is 12.7. The van der Waals surface area contributed by atoms with E-state index in [1.807, 2.05) is 0 Å². The normalized spacial score (nSPS) is 13.6. The third-order valence-electron chi connectivity index (χ3n) is 7.36. The monoisotopic (exact) mass is 690 g/mol. The van der Waals surface area contributed by atoms with Crippen molar-refractivity contribution in [2.45, 2.75) is 19.0 Å². The third-order valence-corrected chi connectivity index (χ3v) is 9.34. The second-order valence-corrected chi connectivity index (χ2v) is 13.4. The Morgan fingerprint density at radius 2 is 1.69 bits per heavy atom. The van der Waals surface area contributed by atoms with Crippen molar-refractivity contribution in [1.29, 1.82) is 0 Å². The number of para-hydroxylation sites is 1. The van der Waals surface area contributed by atoms with Gasteiger partial charge in [0.05, 0.1) is 32.9 Å². The van der Waals surface area contributed by atoms with Gasteiger partial charge in [0, 0.05) is 41.8 Å². The van der Waals surface area contributed by atoms with Gasteiger partial charge in [0.1, 0.15) is 6.04 Å². The van der Waals surface area contributed by atoms with Gasteiger partial charge in [-0.05, 0) is 53.9 Å². The van der Waals surface area contributed by atoms with Crippen molar-refractivity contribution in [2.24, 2.45) is 0 Å². The molecule has 0 aliphatic carbocycles. The minimum atomic E-state index is -3.73. The number of hydrogen-bond donors (Lipinski definition) is 3. The predicted molar refractivity (Wildman–Crippen MR) is 170 cm³/mol. The van der Waals surface area contributed by atoms with Crippen LogP contribution in [-0.2, 0) is 27.8 Å². The van der Waals surface area contributed by atoms with E-state index in [1.165, 1.54) is 12.1 Å². The summed E-state index contributed by atoms with van der Waals surface area (Å²) in [5.74, 6) is -3.26. The van der Waals surface area contributed by atoms with Crippen molar-refractivity contribution in [3.63, 3.8) is 0 Å². The van der Waals surface area contributed by atoms with Crippen LogP contribution >= 0.6 is 34.8 Å². The lowest BCUT2D eigenvalue weighted by atomic mass is 9.96. The van der Waals surface area contributed by atoms with E-state index in [0.29, 0.717) is 40.1 Å². The summed E-state index contributed by atoms with van der Waals surface area (Å²) in [5.41, 5.74) is 1.87. The molecule has 0 saturated heterocycles. The molecule has 3 N–H and O–H groups in total. The lowest BCUT2D eigenvalue weighted by Crippen LogP contribution is -2.48. The van der Waals surface area contributed by atoms with Crippen LogP contribution in [0.5, 0.6) is 0 Å². The summed E-state index contributed by atoms with van der Waals surface area (Å²) in [6, 6.07) is 12.8. The van der Waals surface area contributed by atoms with Crippen LogP contribution in [0.25, 0.3) is 10.9 Å². The van der Waals surface area contributed by atoms with Crippen molar-refractivity contribution in [3.05, 3.63) is 104 Å². The summed E-state index contributed by atoms with van der Waals surface area (Å²) in [4.78, 5) is 53.0. The number of nitrogens with zero attached hydrogens (tertiary/aromatic N) is 2. The Hall–Kier alpha value is -4.10. The highest BCUT2D eigenvalue weighted by Gasteiger charge is 2.30. The summed E-state index contributed by atoms with van der Waals surface area (Å²) in [7, 11) is -3.73. The molecule has 1 atom stereocenters. The summed E-state index contributed by atoms with van der Waals surface area (Å²) in [6.07, 6.45) is 2.47. The molecule has 3 amide bonds. The number of halogens is 3. The number of carboxylic acids is 1. The Labute approximate surface area is 272 Å². The quantitative estimate of drug-likeness (QED) is 0.250. The molecule has 0 bridgehead atoms. The van der Waals surface area contributed by atoms with Gasteiger partial charge < -0.3 is 20.6 Å². The molecule has 1 aliphatic heterocycles. The largest absolute Gasteiger partial charge is 0.480 e. The number of aromatic nitrogens is 1. The van der Waals surface area contributed by atoms with Crippen LogP contribution in [0.4, 0.5) is 0 Å². The number of nitrogens with one attached hydrogen (secondary N) is 2. The van der Waals surface area contributed by atoms with Crippen molar-refractivity contribution in [3.8, 4) is 0 Å². The Kier molecular flexibility index (Phi) is 9.13. The zero-order chi connectivity index (χ0) is 32.6. The Morgan fingerprint density at radius 3 is 2.36 bits per heavy atom. The molecule has 45 heavy (non-hydrogen) atoms. The third kappa shape index (κ3) is 6.64. The van der Waals surface area contributed by atoms with Crippen molar-refractivity contribution >= 4 is 79.4 Å². The van der Waals surface area contributed by atoms with Gasteiger partial charge in [-0.3, -0.25) is 14.4 Å². The smallest absolute Gasteiger partial charge is 0.328 e. The molecule has 0 unspecified atom stereocenters. The highest BCUT2D eigenvalue weighted by Crippen LogP contribution is 2.35. The number of carboxylic acid groups (broad SMARTS) is 1. The molecule has 15 heteroatoms. The Bertz CT molecular complexity index is 1980. The summed E-state index contributed by atoms with van der Waals surface area (Å²) < 4.78 is 25.4. The number of fused-ring (bicyclic) bond motifs is 2. The molecular formula is C30H25Cl3N4O7S. The number of carbonyl (C=O) groups is 4. The van der Waals surface area contributed by atoms with Crippen LogP contribution < -0.4 is 10.6 Å². The first kappa shape index (κ1) is 32.3. The van der Waals surface area contributed by atoms with Crippen LogP contribution in [0.3, 0.4) is 0 Å².